The number of hydrogen-bond donors (Lipinski definition) is 0. The van der Waals surface area contributed by atoms with Gasteiger partial charge in [0, 0.05) is 17.5 Å². The summed E-state index contributed by atoms with van der Waals surface area (Å²) in [6, 6.07) is 17.6. The van der Waals surface area contributed by atoms with Crippen LogP contribution in [0.15, 0.2) is 65.8 Å². The molecule has 1 aliphatic rings. The third kappa shape index (κ3) is 2.06. The van der Waals surface area contributed by atoms with E-state index in [-0.39, 0.29) is 0 Å². The molecule has 0 aliphatic carbocycles. The van der Waals surface area contributed by atoms with Crippen LogP contribution in [-0.2, 0) is 0 Å². The Morgan fingerprint density at radius 1 is 0.905 bits per heavy atom. The van der Waals surface area contributed by atoms with Crippen molar-refractivity contribution < 1.29 is 0 Å². The normalized spacial score (nSPS) is 14.6. The SMILES string of the molecule is Cc1ccc2cc3ccccc3cc2c1C1=NC=CCC1. The molecule has 3 aromatic carbocycles. The lowest BCUT2D eigenvalue weighted by Crippen LogP contribution is -2.06. The van der Waals surface area contributed by atoms with Gasteiger partial charge < -0.3 is 0 Å². The van der Waals surface area contributed by atoms with Crippen LogP contribution in [-0.4, -0.2) is 5.71 Å². The van der Waals surface area contributed by atoms with Crippen molar-refractivity contribution in [2.45, 2.75) is 19.8 Å². The van der Waals surface area contributed by atoms with E-state index in [0.29, 0.717) is 0 Å². The van der Waals surface area contributed by atoms with E-state index in [1.54, 1.807) is 0 Å². The minimum Gasteiger partial charge on any atom is -0.261 e. The second-order valence-electron chi connectivity index (χ2n) is 5.68. The van der Waals surface area contributed by atoms with E-state index in [0.717, 1.165) is 12.8 Å². The summed E-state index contributed by atoms with van der Waals surface area (Å²) in [7, 11) is 0. The predicted octanol–water partition coefficient (Wildman–Crippen LogP) is 5.40. The van der Waals surface area contributed by atoms with Crippen LogP contribution < -0.4 is 0 Å². The van der Waals surface area contributed by atoms with Crippen molar-refractivity contribution >= 4 is 27.3 Å². The summed E-state index contributed by atoms with van der Waals surface area (Å²) in [4.78, 5) is 4.63. The molecule has 0 radical (unpaired) electrons. The second kappa shape index (κ2) is 4.85. The number of hydrogen-bond acceptors (Lipinski definition) is 1. The van der Waals surface area contributed by atoms with E-state index in [2.05, 4.69) is 66.5 Å². The zero-order valence-electron chi connectivity index (χ0n) is 12.1. The van der Waals surface area contributed by atoms with Gasteiger partial charge in [-0.05, 0) is 59.0 Å². The molecule has 21 heavy (non-hydrogen) atoms. The van der Waals surface area contributed by atoms with Crippen LogP contribution in [0.2, 0.25) is 0 Å². The van der Waals surface area contributed by atoms with Crippen molar-refractivity contribution in [2.75, 3.05) is 0 Å². The Hall–Kier alpha value is -2.41. The highest BCUT2D eigenvalue weighted by Crippen LogP contribution is 2.29. The van der Waals surface area contributed by atoms with Gasteiger partial charge in [-0.3, -0.25) is 4.99 Å². The first-order chi connectivity index (χ1) is 10.3. The van der Waals surface area contributed by atoms with Gasteiger partial charge in [0.1, 0.15) is 0 Å². The molecule has 1 heteroatoms. The second-order valence-corrected chi connectivity index (χ2v) is 5.68. The van der Waals surface area contributed by atoms with Crippen molar-refractivity contribution in [3.8, 4) is 0 Å². The van der Waals surface area contributed by atoms with Gasteiger partial charge in [-0.25, -0.2) is 0 Å². The molecule has 4 rings (SSSR count). The van der Waals surface area contributed by atoms with E-state index in [1.807, 2.05) is 6.20 Å². The van der Waals surface area contributed by atoms with Gasteiger partial charge in [0.25, 0.3) is 0 Å². The lowest BCUT2D eigenvalue weighted by Gasteiger charge is -2.15. The Morgan fingerprint density at radius 3 is 2.48 bits per heavy atom. The molecule has 0 saturated heterocycles. The minimum atomic E-state index is 1.03. The van der Waals surface area contributed by atoms with Crippen molar-refractivity contribution in [3.05, 3.63) is 71.9 Å². The van der Waals surface area contributed by atoms with Gasteiger partial charge in [-0.2, -0.15) is 0 Å². The number of nitrogens with zero attached hydrogens (tertiary/aromatic N) is 1. The first kappa shape index (κ1) is 12.3. The first-order valence-corrected chi connectivity index (χ1v) is 7.47. The van der Waals surface area contributed by atoms with Crippen LogP contribution in [0.1, 0.15) is 24.0 Å². The standard InChI is InChI=1S/C20H17N/c1-14-9-10-17-12-15-6-2-3-7-16(15)13-18(17)20(14)19-8-4-5-11-21-19/h2-3,5-7,9-13H,4,8H2,1H3. The fourth-order valence-electron chi connectivity index (χ4n) is 3.20. The smallest absolute Gasteiger partial charge is 0.0487 e. The van der Waals surface area contributed by atoms with Crippen molar-refractivity contribution in [1.29, 1.82) is 0 Å². The van der Waals surface area contributed by atoms with Crippen LogP contribution in [0.3, 0.4) is 0 Å². The van der Waals surface area contributed by atoms with E-state index < -0.39 is 0 Å². The minimum absolute atomic E-state index is 1.03. The van der Waals surface area contributed by atoms with Crippen LogP contribution in [0.5, 0.6) is 0 Å². The molecule has 102 valence electrons. The topological polar surface area (TPSA) is 12.4 Å². The fraction of sp³-hybridized carbons (Fsp3) is 0.150. The summed E-state index contributed by atoms with van der Waals surface area (Å²) in [5.41, 5.74) is 3.85. The Morgan fingerprint density at radius 2 is 1.71 bits per heavy atom. The summed E-state index contributed by atoms with van der Waals surface area (Å²) in [5.74, 6) is 0. The van der Waals surface area contributed by atoms with Gasteiger partial charge in [0.05, 0.1) is 0 Å². The van der Waals surface area contributed by atoms with Crippen LogP contribution in [0, 0.1) is 6.92 Å². The summed E-state index contributed by atoms with van der Waals surface area (Å²) in [6.45, 7) is 2.19. The molecule has 0 atom stereocenters. The molecule has 1 aliphatic heterocycles. The maximum atomic E-state index is 4.63. The molecule has 0 spiro atoms. The van der Waals surface area contributed by atoms with Crippen molar-refractivity contribution in [1.82, 2.24) is 0 Å². The highest BCUT2D eigenvalue weighted by atomic mass is 14.7. The van der Waals surface area contributed by atoms with Crippen molar-refractivity contribution in [2.24, 2.45) is 4.99 Å². The highest BCUT2D eigenvalue weighted by molar-refractivity contribution is 6.14. The summed E-state index contributed by atoms with van der Waals surface area (Å²) in [6.07, 6.45) is 6.20. The van der Waals surface area contributed by atoms with Gasteiger partial charge in [-0.15, -0.1) is 0 Å². The molecule has 3 aromatic rings. The van der Waals surface area contributed by atoms with Crippen molar-refractivity contribution in [3.63, 3.8) is 0 Å². The Kier molecular flexibility index (Phi) is 2.85. The zero-order chi connectivity index (χ0) is 14.2. The monoisotopic (exact) mass is 271 g/mol. The quantitative estimate of drug-likeness (QED) is 0.526. The lowest BCUT2D eigenvalue weighted by molar-refractivity contribution is 1.06. The van der Waals surface area contributed by atoms with Gasteiger partial charge in [0.15, 0.2) is 0 Å². The summed E-state index contributed by atoms with van der Waals surface area (Å²) >= 11 is 0. The zero-order valence-corrected chi connectivity index (χ0v) is 12.1. The first-order valence-electron chi connectivity index (χ1n) is 7.47. The Bertz CT molecular complexity index is 900. The molecular weight excluding hydrogens is 254 g/mol. The molecule has 1 nitrogen and oxygen atoms in total. The summed E-state index contributed by atoms with van der Waals surface area (Å²) < 4.78 is 0. The molecule has 0 unspecified atom stereocenters. The third-order valence-electron chi connectivity index (χ3n) is 4.27. The number of allylic oxidation sites excluding steroid dienone is 1. The molecule has 0 fully saturated rings. The molecule has 0 bridgehead atoms. The average molecular weight is 271 g/mol. The highest BCUT2D eigenvalue weighted by Gasteiger charge is 2.13. The number of rotatable bonds is 1. The molecule has 1 heterocycles. The van der Waals surface area contributed by atoms with E-state index in [1.165, 1.54) is 38.4 Å². The number of aryl methyl sites for hydroxylation is 1. The van der Waals surface area contributed by atoms with Crippen LogP contribution >= 0.6 is 0 Å². The van der Waals surface area contributed by atoms with E-state index in [9.17, 15) is 0 Å². The molecule has 0 aromatic heterocycles. The number of aliphatic imine (C=N–C) groups is 1. The Balaban J connectivity index is 2.08. The van der Waals surface area contributed by atoms with Crippen LogP contribution in [0.4, 0.5) is 0 Å². The molecule has 0 saturated carbocycles. The van der Waals surface area contributed by atoms with Gasteiger partial charge >= 0.3 is 0 Å². The largest absolute Gasteiger partial charge is 0.261 e. The maximum absolute atomic E-state index is 4.63. The third-order valence-corrected chi connectivity index (χ3v) is 4.27. The van der Waals surface area contributed by atoms with E-state index in [4.69, 9.17) is 0 Å². The Labute approximate surface area is 124 Å². The molecule has 0 N–H and O–H groups in total. The maximum Gasteiger partial charge on any atom is 0.0487 e. The fourth-order valence-corrected chi connectivity index (χ4v) is 3.20. The predicted molar refractivity (Wildman–Crippen MR) is 91.1 cm³/mol. The molecule has 0 amide bonds. The summed E-state index contributed by atoms with van der Waals surface area (Å²) in [5, 5.41) is 5.21. The average Bonchev–Trinajstić information content (AvgIpc) is 2.54. The van der Waals surface area contributed by atoms with Gasteiger partial charge in [0.2, 0.25) is 0 Å². The van der Waals surface area contributed by atoms with Gasteiger partial charge in [-0.1, -0.05) is 42.5 Å². The number of fused-ring (bicyclic) bond motifs is 2. The van der Waals surface area contributed by atoms with E-state index >= 15 is 0 Å². The van der Waals surface area contributed by atoms with Crippen LogP contribution in [0.25, 0.3) is 21.5 Å². The number of benzene rings is 3. The molecular formula is C20H17N. The lowest BCUT2D eigenvalue weighted by atomic mass is 9.91.